The van der Waals surface area contributed by atoms with Crippen LogP contribution < -0.4 is 0 Å². The van der Waals surface area contributed by atoms with E-state index < -0.39 is 39.9 Å². The van der Waals surface area contributed by atoms with Gasteiger partial charge < -0.3 is 4.90 Å². The number of halogens is 3. The van der Waals surface area contributed by atoms with Gasteiger partial charge in [0.1, 0.15) is 6.04 Å². The third-order valence-corrected chi connectivity index (χ3v) is 4.26. The first-order valence-electron chi connectivity index (χ1n) is 6.39. The number of nitro groups is 1. The molecule has 1 aliphatic heterocycles. The number of non-ortho nitro benzene ring substituents is 1. The molecule has 1 atom stereocenters. The van der Waals surface area contributed by atoms with Crippen LogP contribution in [0.1, 0.15) is 15.9 Å². The van der Waals surface area contributed by atoms with Gasteiger partial charge in [-0.25, -0.2) is 0 Å². The number of carbonyl (C=O) groups is 1. The largest absolute Gasteiger partial charge is 0.416 e. The van der Waals surface area contributed by atoms with Crippen molar-refractivity contribution in [1.82, 2.24) is 4.90 Å². The van der Waals surface area contributed by atoms with Crippen LogP contribution in [0.15, 0.2) is 18.2 Å². The van der Waals surface area contributed by atoms with E-state index in [1.165, 1.54) is 11.8 Å². The third kappa shape index (κ3) is 3.73. The van der Waals surface area contributed by atoms with Crippen LogP contribution in [0, 0.1) is 21.4 Å². The Kier molecular flexibility index (Phi) is 4.79. The van der Waals surface area contributed by atoms with Crippen LogP contribution in [0.2, 0.25) is 0 Å². The molecule has 0 spiro atoms. The van der Waals surface area contributed by atoms with E-state index in [2.05, 4.69) is 0 Å². The predicted octanol–water partition coefficient (Wildman–Crippen LogP) is 2.69. The van der Waals surface area contributed by atoms with Crippen LogP contribution in [0.5, 0.6) is 0 Å². The average molecular weight is 345 g/mol. The van der Waals surface area contributed by atoms with Crippen molar-refractivity contribution < 1.29 is 22.9 Å². The predicted molar refractivity (Wildman–Crippen MR) is 75.9 cm³/mol. The van der Waals surface area contributed by atoms with Gasteiger partial charge in [0, 0.05) is 35.7 Å². The van der Waals surface area contributed by atoms with E-state index in [4.69, 9.17) is 5.26 Å². The zero-order valence-electron chi connectivity index (χ0n) is 11.5. The molecule has 2 rings (SSSR count). The Bertz CT molecular complexity index is 687. The van der Waals surface area contributed by atoms with Gasteiger partial charge in [-0.15, -0.1) is 0 Å². The number of nitrogens with zero attached hydrogens (tertiary/aromatic N) is 3. The molecule has 1 saturated heterocycles. The quantitative estimate of drug-likeness (QED) is 0.607. The first kappa shape index (κ1) is 17.1. The number of carbonyl (C=O) groups excluding carboxylic acids is 1. The summed E-state index contributed by atoms with van der Waals surface area (Å²) in [5, 5.41) is 19.8. The van der Waals surface area contributed by atoms with Crippen LogP contribution in [-0.2, 0) is 6.18 Å². The maximum Gasteiger partial charge on any atom is 0.416 e. The Labute approximate surface area is 133 Å². The summed E-state index contributed by atoms with van der Waals surface area (Å²) >= 11 is 1.45. The van der Waals surface area contributed by atoms with E-state index in [1.807, 2.05) is 6.07 Å². The molecule has 0 bridgehead atoms. The maximum atomic E-state index is 12.9. The van der Waals surface area contributed by atoms with Gasteiger partial charge in [0.25, 0.3) is 11.6 Å². The topological polar surface area (TPSA) is 87.2 Å². The standard InChI is InChI=1S/C13H10F3N3O3S/c14-13(15,16)9-3-8(4-10(5-9)19(21)22)12(20)18-1-2-23-7-11(18)6-17/h3-5,11H,1-2,7H2. The molecule has 0 aromatic heterocycles. The molecule has 0 saturated carbocycles. The van der Waals surface area contributed by atoms with Crippen molar-refractivity contribution in [2.45, 2.75) is 12.2 Å². The normalized spacial score (nSPS) is 18.3. The zero-order chi connectivity index (χ0) is 17.2. The molecule has 1 aromatic carbocycles. The summed E-state index contributed by atoms with van der Waals surface area (Å²) in [6, 6.07) is 2.90. The number of benzene rings is 1. The Hall–Kier alpha value is -2.28. The molecule has 0 N–H and O–H groups in total. The average Bonchev–Trinajstić information content (AvgIpc) is 2.52. The molecular formula is C13H10F3N3O3S. The van der Waals surface area contributed by atoms with Gasteiger partial charge in [0.2, 0.25) is 0 Å². The highest BCUT2D eigenvalue weighted by atomic mass is 32.2. The summed E-state index contributed by atoms with van der Waals surface area (Å²) in [6.07, 6.45) is -4.81. The minimum Gasteiger partial charge on any atom is -0.321 e. The monoisotopic (exact) mass is 345 g/mol. The van der Waals surface area contributed by atoms with Crippen molar-refractivity contribution in [3.05, 3.63) is 39.4 Å². The maximum absolute atomic E-state index is 12.9. The van der Waals surface area contributed by atoms with Crippen LogP contribution >= 0.6 is 11.8 Å². The Balaban J connectivity index is 2.45. The summed E-state index contributed by atoms with van der Waals surface area (Å²) in [6.45, 7) is 0.200. The van der Waals surface area contributed by atoms with Crippen LogP contribution in [0.4, 0.5) is 18.9 Å². The molecule has 0 radical (unpaired) electrons. The molecule has 1 fully saturated rings. The highest BCUT2D eigenvalue weighted by Gasteiger charge is 2.35. The Morgan fingerprint density at radius 3 is 2.70 bits per heavy atom. The molecule has 10 heteroatoms. The van der Waals surface area contributed by atoms with E-state index in [9.17, 15) is 28.1 Å². The number of hydrogen-bond donors (Lipinski definition) is 0. The van der Waals surface area contributed by atoms with Gasteiger partial charge >= 0.3 is 6.18 Å². The first-order valence-corrected chi connectivity index (χ1v) is 7.54. The summed E-state index contributed by atoms with van der Waals surface area (Å²) in [7, 11) is 0. The highest BCUT2D eigenvalue weighted by molar-refractivity contribution is 7.99. The Morgan fingerprint density at radius 1 is 1.43 bits per heavy atom. The lowest BCUT2D eigenvalue weighted by Gasteiger charge is -2.31. The number of nitriles is 1. The van der Waals surface area contributed by atoms with Gasteiger partial charge in [0.05, 0.1) is 16.6 Å². The van der Waals surface area contributed by atoms with E-state index in [0.29, 0.717) is 23.6 Å². The molecule has 23 heavy (non-hydrogen) atoms. The fraction of sp³-hybridized carbons (Fsp3) is 0.385. The molecule has 6 nitrogen and oxygen atoms in total. The van der Waals surface area contributed by atoms with Crippen LogP contribution in [0.25, 0.3) is 0 Å². The summed E-state index contributed by atoms with van der Waals surface area (Å²) in [5.74, 6) is 0.0833. The molecule has 1 aliphatic rings. The molecule has 1 unspecified atom stereocenters. The Morgan fingerprint density at radius 2 is 2.13 bits per heavy atom. The zero-order valence-corrected chi connectivity index (χ0v) is 12.4. The lowest BCUT2D eigenvalue weighted by molar-refractivity contribution is -0.385. The fourth-order valence-electron chi connectivity index (χ4n) is 2.12. The van der Waals surface area contributed by atoms with E-state index in [0.717, 1.165) is 11.0 Å². The SMILES string of the molecule is N#CC1CSCCN1C(=O)c1cc([N+](=O)[O-])cc(C(F)(F)F)c1. The van der Waals surface area contributed by atoms with Crippen molar-refractivity contribution >= 4 is 23.4 Å². The van der Waals surface area contributed by atoms with Crippen molar-refractivity contribution in [2.24, 2.45) is 0 Å². The minimum absolute atomic E-state index is 0.200. The fourth-order valence-corrected chi connectivity index (χ4v) is 3.09. The van der Waals surface area contributed by atoms with Crippen molar-refractivity contribution in [3.63, 3.8) is 0 Å². The van der Waals surface area contributed by atoms with Crippen molar-refractivity contribution in [1.29, 1.82) is 5.26 Å². The third-order valence-electron chi connectivity index (χ3n) is 3.24. The second-order valence-electron chi connectivity index (χ2n) is 4.74. The lowest BCUT2D eigenvalue weighted by Crippen LogP contribution is -2.45. The van der Waals surface area contributed by atoms with E-state index >= 15 is 0 Å². The molecule has 1 aromatic rings. The molecule has 1 heterocycles. The number of hydrogen-bond acceptors (Lipinski definition) is 5. The summed E-state index contributed by atoms with van der Waals surface area (Å²) in [5.41, 5.74) is -2.53. The van der Waals surface area contributed by atoms with Gasteiger partial charge in [-0.1, -0.05) is 0 Å². The smallest absolute Gasteiger partial charge is 0.321 e. The van der Waals surface area contributed by atoms with Crippen LogP contribution in [-0.4, -0.2) is 39.8 Å². The van der Waals surface area contributed by atoms with E-state index in [1.54, 1.807) is 0 Å². The van der Waals surface area contributed by atoms with Gasteiger partial charge in [-0.2, -0.15) is 30.2 Å². The number of rotatable bonds is 2. The summed E-state index contributed by atoms with van der Waals surface area (Å²) in [4.78, 5) is 23.4. The second kappa shape index (κ2) is 6.45. The number of alkyl halides is 3. The summed E-state index contributed by atoms with van der Waals surface area (Å²) < 4.78 is 38.6. The molecule has 1 amide bonds. The van der Waals surface area contributed by atoms with Gasteiger partial charge in [0.15, 0.2) is 0 Å². The second-order valence-corrected chi connectivity index (χ2v) is 5.89. The van der Waals surface area contributed by atoms with E-state index in [-0.39, 0.29) is 6.54 Å². The number of amides is 1. The minimum atomic E-state index is -4.81. The molecule has 0 aliphatic carbocycles. The van der Waals surface area contributed by atoms with Crippen molar-refractivity contribution in [2.75, 3.05) is 18.1 Å². The molecular weight excluding hydrogens is 335 g/mol. The van der Waals surface area contributed by atoms with Gasteiger partial charge in [-0.3, -0.25) is 14.9 Å². The number of thioether (sulfide) groups is 1. The van der Waals surface area contributed by atoms with Crippen LogP contribution in [0.3, 0.4) is 0 Å². The molecule has 122 valence electrons. The van der Waals surface area contributed by atoms with Crippen molar-refractivity contribution in [3.8, 4) is 6.07 Å². The lowest BCUT2D eigenvalue weighted by atomic mass is 10.1. The highest BCUT2D eigenvalue weighted by Crippen LogP contribution is 2.33. The van der Waals surface area contributed by atoms with Gasteiger partial charge in [-0.05, 0) is 6.07 Å². The number of nitro benzene ring substituents is 1. The first-order chi connectivity index (χ1) is 10.7.